The van der Waals surface area contributed by atoms with Crippen molar-refractivity contribution >= 4 is 17.3 Å². The number of rotatable bonds is 8. The molecule has 8 nitrogen and oxygen atoms in total. The molecule has 33 heavy (non-hydrogen) atoms. The van der Waals surface area contributed by atoms with Gasteiger partial charge in [-0.1, -0.05) is 6.07 Å². The summed E-state index contributed by atoms with van der Waals surface area (Å²) in [6.45, 7) is 0.302. The van der Waals surface area contributed by atoms with Crippen LogP contribution in [0.1, 0.15) is 42.6 Å². The predicted octanol–water partition coefficient (Wildman–Crippen LogP) is 3.27. The van der Waals surface area contributed by atoms with Gasteiger partial charge in [-0.2, -0.15) is 13.9 Å². The number of aromatic nitrogens is 2. The van der Waals surface area contributed by atoms with Crippen LogP contribution < -0.4 is 20.5 Å². The topological polar surface area (TPSA) is 108 Å². The molecule has 3 N–H and O–H groups in total. The number of fused-ring (bicyclic) bond motifs is 1. The summed E-state index contributed by atoms with van der Waals surface area (Å²) < 4.78 is 38.0. The lowest BCUT2D eigenvalue weighted by molar-refractivity contribution is -0.122. The number of methoxy groups -OCH3 is 1. The van der Waals surface area contributed by atoms with Gasteiger partial charge in [-0.3, -0.25) is 9.59 Å². The van der Waals surface area contributed by atoms with Gasteiger partial charge in [0.25, 0.3) is 5.91 Å². The number of amides is 2. The second-order valence-electron chi connectivity index (χ2n) is 8.47. The van der Waals surface area contributed by atoms with Gasteiger partial charge in [-0.25, -0.2) is 4.52 Å². The molecule has 0 atom stereocenters. The standard InChI is InChI=1S/C23H24F2N4O4/c1-23(2,21(26)31)13-4-7-16-15(10-27-29(16)11-13)12-8-17(32-3)19(18(9-12)33-22(24)25)20(30)28-14-5-6-14/h4,7-11,14,22H,5-6H2,1-3H3,(H2,26,31)(H,28,30). The van der Waals surface area contributed by atoms with E-state index in [1.165, 1.54) is 13.2 Å². The Hall–Kier alpha value is -3.69. The number of hydrogen-bond acceptors (Lipinski definition) is 5. The first kappa shape index (κ1) is 22.5. The van der Waals surface area contributed by atoms with Gasteiger partial charge in [-0.15, -0.1) is 0 Å². The molecule has 0 radical (unpaired) electrons. The molecule has 2 heterocycles. The first-order chi connectivity index (χ1) is 15.6. The molecular weight excluding hydrogens is 434 g/mol. The van der Waals surface area contributed by atoms with Crippen LogP contribution >= 0.6 is 0 Å². The third kappa shape index (κ3) is 4.33. The van der Waals surface area contributed by atoms with Crippen molar-refractivity contribution in [1.29, 1.82) is 0 Å². The minimum absolute atomic E-state index is 0.0275. The van der Waals surface area contributed by atoms with Crippen molar-refractivity contribution in [2.24, 2.45) is 5.73 Å². The van der Waals surface area contributed by atoms with E-state index in [0.29, 0.717) is 22.2 Å². The van der Waals surface area contributed by atoms with Gasteiger partial charge in [0.05, 0.1) is 24.2 Å². The molecule has 1 aliphatic rings. The average Bonchev–Trinajstić information content (AvgIpc) is 3.47. The van der Waals surface area contributed by atoms with Crippen molar-refractivity contribution in [1.82, 2.24) is 14.9 Å². The minimum Gasteiger partial charge on any atom is -0.496 e. The number of primary amides is 1. The van der Waals surface area contributed by atoms with E-state index < -0.39 is 23.8 Å². The molecule has 0 unspecified atom stereocenters. The number of hydrogen-bond donors (Lipinski definition) is 2. The van der Waals surface area contributed by atoms with Crippen molar-refractivity contribution in [3.8, 4) is 22.6 Å². The maximum absolute atomic E-state index is 13.2. The van der Waals surface area contributed by atoms with Crippen LogP contribution in [-0.2, 0) is 10.2 Å². The van der Waals surface area contributed by atoms with E-state index in [4.69, 9.17) is 15.2 Å². The van der Waals surface area contributed by atoms with E-state index >= 15 is 0 Å². The monoisotopic (exact) mass is 458 g/mol. The SMILES string of the molecule is COc1cc(-c2cnn3cc(C(C)(C)C(N)=O)ccc23)cc(OC(F)F)c1C(=O)NC1CC1. The van der Waals surface area contributed by atoms with Gasteiger partial charge >= 0.3 is 6.61 Å². The van der Waals surface area contributed by atoms with Crippen LogP contribution in [0.2, 0.25) is 0 Å². The van der Waals surface area contributed by atoms with Gasteiger partial charge < -0.3 is 20.5 Å². The van der Waals surface area contributed by atoms with E-state index in [2.05, 4.69) is 10.4 Å². The summed E-state index contributed by atoms with van der Waals surface area (Å²) in [5.74, 6) is -1.20. The Labute approximate surface area is 188 Å². The smallest absolute Gasteiger partial charge is 0.387 e. The molecule has 2 aromatic heterocycles. The van der Waals surface area contributed by atoms with Gasteiger partial charge in [0.15, 0.2) is 0 Å². The van der Waals surface area contributed by atoms with Gasteiger partial charge in [0.2, 0.25) is 5.91 Å². The molecule has 0 spiro atoms. The quantitative estimate of drug-likeness (QED) is 0.539. The molecular formula is C23H24F2N4O4. The number of nitrogens with one attached hydrogen (secondary N) is 1. The number of alkyl halides is 2. The Balaban J connectivity index is 1.81. The van der Waals surface area contributed by atoms with Crippen LogP contribution in [0.5, 0.6) is 11.5 Å². The van der Waals surface area contributed by atoms with E-state index in [0.717, 1.165) is 12.8 Å². The van der Waals surface area contributed by atoms with Crippen LogP contribution in [0, 0.1) is 0 Å². The maximum Gasteiger partial charge on any atom is 0.387 e. The second kappa shape index (κ2) is 8.34. The second-order valence-corrected chi connectivity index (χ2v) is 8.47. The van der Waals surface area contributed by atoms with Crippen LogP contribution in [0.4, 0.5) is 8.78 Å². The Morgan fingerprint density at radius 1 is 1.24 bits per heavy atom. The highest BCUT2D eigenvalue weighted by atomic mass is 19.3. The number of halogens is 2. The number of carbonyl (C=O) groups is 2. The lowest BCUT2D eigenvalue weighted by Gasteiger charge is -2.20. The number of nitrogens with zero attached hydrogens (tertiary/aromatic N) is 2. The number of ether oxygens (including phenoxy) is 2. The summed E-state index contributed by atoms with van der Waals surface area (Å²) in [7, 11) is 1.35. The summed E-state index contributed by atoms with van der Waals surface area (Å²) in [6, 6.07) is 6.50. The zero-order valence-corrected chi connectivity index (χ0v) is 18.4. The Morgan fingerprint density at radius 2 is 1.94 bits per heavy atom. The molecule has 0 saturated heterocycles. The largest absolute Gasteiger partial charge is 0.496 e. The molecule has 1 saturated carbocycles. The van der Waals surface area contributed by atoms with Crippen molar-refractivity contribution in [2.75, 3.05) is 7.11 Å². The molecule has 1 aromatic carbocycles. The van der Waals surface area contributed by atoms with Crippen molar-refractivity contribution in [3.05, 3.63) is 47.8 Å². The van der Waals surface area contributed by atoms with E-state index in [-0.39, 0.29) is 23.1 Å². The van der Waals surface area contributed by atoms with E-state index in [1.807, 2.05) is 0 Å². The van der Waals surface area contributed by atoms with Crippen LogP contribution in [0.15, 0.2) is 36.7 Å². The first-order valence-corrected chi connectivity index (χ1v) is 10.4. The van der Waals surface area contributed by atoms with Crippen molar-refractivity contribution in [3.63, 3.8) is 0 Å². The summed E-state index contributed by atoms with van der Waals surface area (Å²) in [6.07, 6.45) is 4.93. The zero-order chi connectivity index (χ0) is 23.9. The van der Waals surface area contributed by atoms with Crippen LogP contribution in [-0.4, -0.2) is 41.2 Å². The normalized spacial score (nSPS) is 13.9. The fraction of sp³-hybridized carbons (Fsp3) is 0.348. The highest BCUT2D eigenvalue weighted by Crippen LogP contribution is 2.38. The zero-order valence-electron chi connectivity index (χ0n) is 18.4. The predicted molar refractivity (Wildman–Crippen MR) is 117 cm³/mol. The molecule has 1 fully saturated rings. The molecule has 10 heteroatoms. The highest BCUT2D eigenvalue weighted by Gasteiger charge is 2.30. The summed E-state index contributed by atoms with van der Waals surface area (Å²) >= 11 is 0. The fourth-order valence-electron chi connectivity index (χ4n) is 3.52. The lowest BCUT2D eigenvalue weighted by atomic mass is 9.85. The van der Waals surface area contributed by atoms with E-state index in [9.17, 15) is 18.4 Å². The molecule has 0 aliphatic heterocycles. The number of pyridine rings is 1. The van der Waals surface area contributed by atoms with E-state index in [1.54, 1.807) is 49.0 Å². The summed E-state index contributed by atoms with van der Waals surface area (Å²) in [5, 5.41) is 7.11. The average molecular weight is 458 g/mol. The van der Waals surface area contributed by atoms with Crippen molar-refractivity contribution < 1.29 is 27.8 Å². The van der Waals surface area contributed by atoms with Crippen LogP contribution in [0.25, 0.3) is 16.6 Å². The minimum atomic E-state index is -3.13. The first-order valence-electron chi connectivity index (χ1n) is 10.4. The number of benzene rings is 1. The highest BCUT2D eigenvalue weighted by molar-refractivity contribution is 6.01. The van der Waals surface area contributed by atoms with Gasteiger partial charge in [0, 0.05) is 17.8 Å². The van der Waals surface area contributed by atoms with Gasteiger partial charge in [0.1, 0.15) is 17.1 Å². The Morgan fingerprint density at radius 3 is 2.55 bits per heavy atom. The Bertz CT molecular complexity index is 1230. The molecule has 4 rings (SSSR count). The molecule has 3 aromatic rings. The molecule has 174 valence electrons. The van der Waals surface area contributed by atoms with Crippen LogP contribution in [0.3, 0.4) is 0 Å². The fourth-order valence-corrected chi connectivity index (χ4v) is 3.52. The summed E-state index contributed by atoms with van der Waals surface area (Å²) in [5.41, 5.74) is 6.92. The lowest BCUT2D eigenvalue weighted by Crippen LogP contribution is -2.35. The third-order valence-electron chi connectivity index (χ3n) is 5.81. The Kier molecular flexibility index (Phi) is 5.69. The summed E-state index contributed by atoms with van der Waals surface area (Å²) in [4.78, 5) is 24.5. The maximum atomic E-state index is 13.2. The molecule has 0 bridgehead atoms. The van der Waals surface area contributed by atoms with Crippen molar-refractivity contribution in [2.45, 2.75) is 44.8 Å². The molecule has 1 aliphatic carbocycles. The number of nitrogens with two attached hydrogens (primary N) is 1. The third-order valence-corrected chi connectivity index (χ3v) is 5.81. The molecule has 2 amide bonds. The van der Waals surface area contributed by atoms with Gasteiger partial charge in [-0.05, 0) is 56.0 Å². The number of carbonyl (C=O) groups excluding carboxylic acids is 2.